The number of carbonyl (C=O) groups excluding carboxylic acids is 1. The van der Waals surface area contributed by atoms with E-state index in [2.05, 4.69) is 28.3 Å². The molecule has 4 rings (SSSR count). The lowest BCUT2D eigenvalue weighted by molar-refractivity contribution is 0.0659. The van der Waals surface area contributed by atoms with E-state index in [4.69, 9.17) is 19.9 Å². The summed E-state index contributed by atoms with van der Waals surface area (Å²) in [5.74, 6) is -0.0550. The zero-order chi connectivity index (χ0) is 25.4. The van der Waals surface area contributed by atoms with Crippen molar-refractivity contribution in [3.63, 3.8) is 0 Å². The van der Waals surface area contributed by atoms with Crippen LogP contribution in [0.4, 0.5) is 0 Å². The van der Waals surface area contributed by atoms with E-state index >= 15 is 0 Å². The van der Waals surface area contributed by atoms with Crippen LogP contribution >= 0.6 is 0 Å². The van der Waals surface area contributed by atoms with Crippen LogP contribution in [-0.4, -0.2) is 54.2 Å². The third-order valence-electron chi connectivity index (χ3n) is 5.82. The van der Waals surface area contributed by atoms with E-state index in [0.29, 0.717) is 24.7 Å². The highest BCUT2D eigenvalue weighted by atomic mass is 16.5. The second-order valence-electron chi connectivity index (χ2n) is 7.59. The smallest absolute Gasteiger partial charge is 0.252 e. The number of methoxy groups -OCH3 is 2. The first-order valence-corrected chi connectivity index (χ1v) is 11.8. The van der Waals surface area contributed by atoms with Crippen LogP contribution in [0.2, 0.25) is 0 Å². The summed E-state index contributed by atoms with van der Waals surface area (Å²) < 4.78 is 18.4. The highest BCUT2D eigenvalue weighted by Crippen LogP contribution is 2.38. The first-order chi connectivity index (χ1) is 16.5. The van der Waals surface area contributed by atoms with Gasteiger partial charge >= 0.3 is 0 Å². The van der Waals surface area contributed by atoms with Crippen LogP contribution in [0.3, 0.4) is 0 Å². The van der Waals surface area contributed by atoms with Crippen molar-refractivity contribution in [2.75, 3.05) is 27.4 Å². The lowest BCUT2D eigenvalue weighted by Gasteiger charge is -2.21. The fourth-order valence-electron chi connectivity index (χ4n) is 4.35. The second kappa shape index (κ2) is 12.5. The molecule has 2 aromatic heterocycles. The van der Waals surface area contributed by atoms with Gasteiger partial charge in [0.15, 0.2) is 0 Å². The zero-order valence-corrected chi connectivity index (χ0v) is 21.6. The molecule has 0 saturated carbocycles. The third-order valence-corrected chi connectivity index (χ3v) is 5.82. The number of aryl methyl sites for hydroxylation is 1. The number of hydrogen-bond acceptors (Lipinski definition) is 6. The summed E-state index contributed by atoms with van der Waals surface area (Å²) in [4.78, 5) is 16.5. The summed E-state index contributed by atoms with van der Waals surface area (Å²) in [6.45, 7) is 13.0. The number of nitrogens with two attached hydrogens (primary N) is 1. The standard InChI is InChI=1S/C22H26N4O4.2C2H6/c1-12-8-24-22(29-4)13(2)19(12)14-5-6-15(7-14)20-16(21(23)27)9-25-26(20)17-10-30-11-18(17)28-3;2*1-2/h5-9,15,17-18H,10-11H2,1-4H3,(H2,23,27);2*1-2H3/t15?,17-,18-;;/m1../s1. The Bertz CT molecular complexity index is 1040. The molecule has 8 nitrogen and oxygen atoms in total. The first-order valence-electron chi connectivity index (χ1n) is 11.8. The van der Waals surface area contributed by atoms with Crippen LogP contribution in [0.25, 0.3) is 5.57 Å². The van der Waals surface area contributed by atoms with Crippen molar-refractivity contribution in [3.8, 4) is 5.88 Å². The van der Waals surface area contributed by atoms with Crippen LogP contribution in [-0.2, 0) is 9.47 Å². The van der Waals surface area contributed by atoms with Gasteiger partial charge in [0.2, 0.25) is 5.88 Å². The lowest BCUT2D eigenvalue weighted by Crippen LogP contribution is -2.27. The lowest BCUT2D eigenvalue weighted by atomic mass is 9.96. The molecule has 186 valence electrons. The van der Waals surface area contributed by atoms with Gasteiger partial charge in [0.05, 0.1) is 37.8 Å². The Hall–Kier alpha value is -2.97. The number of hydrogen-bond donors (Lipinski definition) is 1. The predicted octanol–water partition coefficient (Wildman–Crippen LogP) is 4.38. The van der Waals surface area contributed by atoms with Crippen LogP contribution in [0.5, 0.6) is 5.88 Å². The fourth-order valence-corrected chi connectivity index (χ4v) is 4.35. The van der Waals surface area contributed by atoms with Crippen molar-refractivity contribution in [1.29, 1.82) is 0 Å². The van der Waals surface area contributed by atoms with Crippen molar-refractivity contribution < 1.29 is 19.0 Å². The molecule has 1 saturated heterocycles. The van der Waals surface area contributed by atoms with Gasteiger partial charge < -0.3 is 19.9 Å². The number of amides is 1. The molecule has 2 N–H and O–H groups in total. The van der Waals surface area contributed by atoms with Crippen molar-refractivity contribution >= 4 is 11.5 Å². The number of ether oxygens (including phenoxy) is 3. The van der Waals surface area contributed by atoms with Crippen LogP contribution in [0, 0.1) is 13.8 Å². The Morgan fingerprint density at radius 1 is 1.15 bits per heavy atom. The number of primary amides is 1. The molecular weight excluding hydrogens is 432 g/mol. The topological polar surface area (TPSA) is 101 Å². The maximum atomic E-state index is 12.1. The van der Waals surface area contributed by atoms with Gasteiger partial charge in [0.25, 0.3) is 5.91 Å². The molecule has 34 heavy (non-hydrogen) atoms. The molecule has 2 aromatic rings. The summed E-state index contributed by atoms with van der Waals surface area (Å²) in [5.41, 5.74) is 11.0. The quantitative estimate of drug-likeness (QED) is 0.672. The minimum absolute atomic E-state index is 0.117. The molecule has 0 radical (unpaired) electrons. The molecule has 1 amide bonds. The van der Waals surface area contributed by atoms with Crippen molar-refractivity contribution in [3.05, 3.63) is 58.6 Å². The predicted molar refractivity (Wildman–Crippen MR) is 134 cm³/mol. The highest BCUT2D eigenvalue weighted by Gasteiger charge is 2.35. The largest absolute Gasteiger partial charge is 0.481 e. The van der Waals surface area contributed by atoms with Crippen molar-refractivity contribution in [2.24, 2.45) is 5.73 Å². The number of rotatable bonds is 6. The molecular formula is C26H38N4O4. The van der Waals surface area contributed by atoms with Gasteiger partial charge in [0.1, 0.15) is 12.1 Å². The molecule has 3 heterocycles. The Morgan fingerprint density at radius 2 is 1.85 bits per heavy atom. The van der Waals surface area contributed by atoms with Gasteiger partial charge in [-0.1, -0.05) is 45.9 Å². The van der Waals surface area contributed by atoms with E-state index in [-0.39, 0.29) is 18.1 Å². The van der Waals surface area contributed by atoms with E-state index in [1.54, 1.807) is 20.4 Å². The van der Waals surface area contributed by atoms with Crippen molar-refractivity contribution in [1.82, 2.24) is 14.8 Å². The number of nitrogens with zero attached hydrogens (tertiary/aromatic N) is 3. The maximum absolute atomic E-state index is 12.1. The fraction of sp³-hybridized carbons (Fsp3) is 0.500. The van der Waals surface area contributed by atoms with E-state index in [9.17, 15) is 4.79 Å². The SMILES string of the molecule is CC.CC.COc1ncc(C)c(C2=CC(c3c(C(N)=O)cnn3[C@@H]3COC[C@H]3OC)C=C2)c1C. The molecule has 0 bridgehead atoms. The number of carbonyl (C=O) groups is 1. The summed E-state index contributed by atoms with van der Waals surface area (Å²) in [7, 11) is 3.27. The summed E-state index contributed by atoms with van der Waals surface area (Å²) in [6.07, 6.45) is 9.44. The highest BCUT2D eigenvalue weighted by molar-refractivity contribution is 5.94. The molecule has 1 aliphatic carbocycles. The molecule has 0 aromatic carbocycles. The zero-order valence-electron chi connectivity index (χ0n) is 21.6. The number of aromatic nitrogens is 3. The van der Waals surface area contributed by atoms with Crippen LogP contribution in [0.15, 0.2) is 30.6 Å². The molecule has 2 aliphatic rings. The Labute approximate surface area is 202 Å². The second-order valence-corrected chi connectivity index (χ2v) is 7.59. The van der Waals surface area contributed by atoms with Crippen molar-refractivity contribution in [2.45, 2.75) is 59.6 Å². The molecule has 1 aliphatic heterocycles. The number of pyridine rings is 1. The van der Waals surface area contributed by atoms with Crippen LogP contribution in [0.1, 0.15) is 72.4 Å². The monoisotopic (exact) mass is 470 g/mol. The Kier molecular flexibility index (Phi) is 10.0. The van der Waals surface area contributed by atoms with Crippen LogP contribution < -0.4 is 10.5 Å². The molecule has 8 heteroatoms. The summed E-state index contributed by atoms with van der Waals surface area (Å²) in [6, 6.07) is -0.117. The van der Waals surface area contributed by atoms with E-state index < -0.39 is 5.91 Å². The molecule has 1 fully saturated rings. The maximum Gasteiger partial charge on any atom is 0.252 e. The van der Waals surface area contributed by atoms with Gasteiger partial charge in [-0.2, -0.15) is 5.10 Å². The van der Waals surface area contributed by atoms with Gasteiger partial charge in [-0.3, -0.25) is 9.48 Å². The minimum Gasteiger partial charge on any atom is -0.481 e. The van der Waals surface area contributed by atoms with E-state index in [1.165, 1.54) is 6.20 Å². The normalized spacial score (nSPS) is 20.7. The number of allylic oxidation sites excluding steroid dienone is 4. The third kappa shape index (κ3) is 5.23. The molecule has 0 spiro atoms. The Morgan fingerprint density at radius 3 is 2.47 bits per heavy atom. The Balaban J connectivity index is 0.000000970. The van der Waals surface area contributed by atoms with E-state index in [0.717, 1.165) is 28.0 Å². The van der Waals surface area contributed by atoms with Gasteiger partial charge in [-0.25, -0.2) is 4.98 Å². The van der Waals surface area contributed by atoms with Gasteiger partial charge in [0, 0.05) is 24.8 Å². The molecule has 3 atom stereocenters. The van der Waals surface area contributed by atoms with E-state index in [1.807, 2.05) is 46.2 Å². The summed E-state index contributed by atoms with van der Waals surface area (Å²) in [5, 5.41) is 4.49. The average molecular weight is 471 g/mol. The first kappa shape index (κ1) is 27.3. The average Bonchev–Trinajstić information content (AvgIpc) is 3.60. The van der Waals surface area contributed by atoms with Gasteiger partial charge in [-0.05, 0) is 30.5 Å². The minimum atomic E-state index is -0.502. The van der Waals surface area contributed by atoms with Gasteiger partial charge in [-0.15, -0.1) is 0 Å². The summed E-state index contributed by atoms with van der Waals surface area (Å²) >= 11 is 0. The molecule has 1 unspecified atom stereocenters.